The highest BCUT2D eigenvalue weighted by Crippen LogP contribution is 2.25. The lowest BCUT2D eigenvalue weighted by Crippen LogP contribution is -2.35. The molecule has 0 bridgehead atoms. The molecule has 6 heteroatoms. The summed E-state index contributed by atoms with van der Waals surface area (Å²) in [5, 5.41) is 17.9. The van der Waals surface area contributed by atoms with Gasteiger partial charge in [-0.25, -0.2) is 0 Å². The van der Waals surface area contributed by atoms with Gasteiger partial charge in [-0.05, 0) is 30.3 Å². The maximum atomic E-state index is 12.3. The molecule has 0 aliphatic carbocycles. The van der Waals surface area contributed by atoms with Crippen molar-refractivity contribution in [2.75, 3.05) is 18.1 Å². The van der Waals surface area contributed by atoms with Crippen molar-refractivity contribution in [2.24, 2.45) is 0 Å². The van der Waals surface area contributed by atoms with E-state index in [9.17, 15) is 4.79 Å². The monoisotopic (exact) mass is 325 g/mol. The minimum atomic E-state index is -0.363. The predicted molar refractivity (Wildman–Crippen MR) is 86.1 cm³/mol. The highest BCUT2D eigenvalue weighted by atomic mass is 35.5. The van der Waals surface area contributed by atoms with E-state index in [0.29, 0.717) is 17.0 Å². The Balaban J connectivity index is 2.08. The summed E-state index contributed by atoms with van der Waals surface area (Å²) < 4.78 is 5.40. The van der Waals surface area contributed by atoms with Crippen LogP contribution in [0.3, 0.4) is 0 Å². The molecule has 0 N–H and O–H groups in total. The number of ether oxygens (including phenoxy) is 1. The predicted octanol–water partition coefficient (Wildman–Crippen LogP) is 3.15. The van der Waals surface area contributed by atoms with E-state index < -0.39 is 0 Å². The van der Waals surface area contributed by atoms with Gasteiger partial charge in [-0.3, -0.25) is 9.69 Å². The molecule has 0 saturated carbocycles. The van der Waals surface area contributed by atoms with Crippen LogP contribution in [0.25, 0.3) is 0 Å². The largest absolute Gasteiger partial charge is 0.482 e. The van der Waals surface area contributed by atoms with Crippen LogP contribution in [0.15, 0.2) is 48.5 Å². The first-order chi connectivity index (χ1) is 11.2. The second kappa shape index (κ2) is 7.84. The van der Waals surface area contributed by atoms with Crippen LogP contribution >= 0.6 is 11.6 Å². The summed E-state index contributed by atoms with van der Waals surface area (Å²) in [5.41, 5.74) is 1.03. The zero-order valence-electron chi connectivity index (χ0n) is 12.1. The van der Waals surface area contributed by atoms with Gasteiger partial charge >= 0.3 is 0 Å². The van der Waals surface area contributed by atoms with Crippen molar-refractivity contribution in [1.82, 2.24) is 0 Å². The number of anilines is 1. The first-order valence-corrected chi connectivity index (χ1v) is 7.08. The third-order valence-electron chi connectivity index (χ3n) is 3.01. The van der Waals surface area contributed by atoms with E-state index in [4.69, 9.17) is 26.9 Å². The van der Waals surface area contributed by atoms with E-state index in [2.05, 4.69) is 0 Å². The summed E-state index contributed by atoms with van der Waals surface area (Å²) in [7, 11) is 0. The molecule has 0 spiro atoms. The Morgan fingerprint density at radius 2 is 1.91 bits per heavy atom. The molecule has 0 atom stereocenters. The van der Waals surface area contributed by atoms with Crippen molar-refractivity contribution in [2.45, 2.75) is 0 Å². The van der Waals surface area contributed by atoms with E-state index in [0.717, 1.165) is 0 Å². The Labute approximate surface area is 138 Å². The number of rotatable bonds is 5. The Morgan fingerprint density at radius 3 is 2.52 bits per heavy atom. The number of hydrogen-bond donors (Lipinski definition) is 0. The number of hydrogen-bond acceptors (Lipinski definition) is 4. The smallest absolute Gasteiger partial charge is 0.265 e. The lowest BCUT2D eigenvalue weighted by Gasteiger charge is -2.20. The summed E-state index contributed by atoms with van der Waals surface area (Å²) in [6.45, 7) is -0.338. The normalized spacial score (nSPS) is 9.52. The van der Waals surface area contributed by atoms with Crippen molar-refractivity contribution in [3.8, 4) is 17.9 Å². The van der Waals surface area contributed by atoms with Gasteiger partial charge in [-0.2, -0.15) is 10.5 Å². The maximum absolute atomic E-state index is 12.3. The molecular weight excluding hydrogens is 314 g/mol. The second-order valence-electron chi connectivity index (χ2n) is 4.52. The molecule has 5 nitrogen and oxygen atoms in total. The van der Waals surface area contributed by atoms with Gasteiger partial charge in [0.2, 0.25) is 0 Å². The van der Waals surface area contributed by atoms with E-state index >= 15 is 0 Å². The van der Waals surface area contributed by atoms with Gasteiger partial charge in [0.1, 0.15) is 12.3 Å². The zero-order valence-corrected chi connectivity index (χ0v) is 12.8. The summed E-state index contributed by atoms with van der Waals surface area (Å²) in [5.74, 6) is -0.0536. The van der Waals surface area contributed by atoms with Gasteiger partial charge in [0.15, 0.2) is 6.61 Å². The molecule has 0 aliphatic rings. The van der Waals surface area contributed by atoms with E-state index in [1.54, 1.807) is 30.3 Å². The number of amides is 1. The SMILES string of the molecule is N#CCN(C(=O)COc1ccc(C#N)cc1Cl)c1ccccc1. The Morgan fingerprint density at radius 1 is 1.17 bits per heavy atom. The first kappa shape index (κ1) is 16.4. The first-order valence-electron chi connectivity index (χ1n) is 6.70. The fourth-order valence-corrected chi connectivity index (χ4v) is 2.14. The van der Waals surface area contributed by atoms with E-state index in [1.165, 1.54) is 17.0 Å². The molecule has 114 valence electrons. The third-order valence-corrected chi connectivity index (χ3v) is 3.31. The van der Waals surface area contributed by atoms with Crippen molar-refractivity contribution < 1.29 is 9.53 Å². The zero-order chi connectivity index (χ0) is 16.7. The number of halogens is 1. The second-order valence-corrected chi connectivity index (χ2v) is 4.93. The summed E-state index contributed by atoms with van der Waals surface area (Å²) in [6, 6.07) is 17.3. The molecule has 0 aromatic heterocycles. The number of carbonyl (C=O) groups is 1. The Kier molecular flexibility index (Phi) is 5.57. The van der Waals surface area contributed by atoms with Gasteiger partial charge in [0.05, 0.1) is 22.7 Å². The standard InChI is InChI=1S/C17H12ClN3O2/c18-15-10-13(11-20)6-7-16(15)23-12-17(22)21(9-8-19)14-4-2-1-3-5-14/h1-7,10H,9,12H2. The number of nitrogens with zero attached hydrogens (tertiary/aromatic N) is 3. The van der Waals surface area contributed by atoms with Crippen molar-refractivity contribution in [3.63, 3.8) is 0 Å². The molecule has 0 aliphatic heterocycles. The van der Waals surface area contributed by atoms with Crippen LogP contribution in [0.1, 0.15) is 5.56 Å². The highest BCUT2D eigenvalue weighted by molar-refractivity contribution is 6.32. The lowest BCUT2D eigenvalue weighted by atomic mass is 10.2. The van der Waals surface area contributed by atoms with Gasteiger partial charge < -0.3 is 4.74 Å². The van der Waals surface area contributed by atoms with Crippen molar-refractivity contribution >= 4 is 23.2 Å². The lowest BCUT2D eigenvalue weighted by molar-refractivity contribution is -0.120. The van der Waals surface area contributed by atoms with E-state index in [-0.39, 0.29) is 24.1 Å². The number of nitriles is 2. The van der Waals surface area contributed by atoms with Gasteiger partial charge in [0, 0.05) is 5.69 Å². The van der Waals surface area contributed by atoms with E-state index in [1.807, 2.05) is 18.2 Å². The van der Waals surface area contributed by atoms with Crippen LogP contribution < -0.4 is 9.64 Å². The molecule has 0 radical (unpaired) electrons. The average Bonchev–Trinajstić information content (AvgIpc) is 2.59. The number of para-hydroxylation sites is 1. The minimum Gasteiger partial charge on any atom is -0.482 e. The summed E-state index contributed by atoms with van der Waals surface area (Å²) in [4.78, 5) is 13.6. The molecule has 0 fully saturated rings. The number of benzene rings is 2. The molecular formula is C17H12ClN3O2. The minimum absolute atomic E-state index is 0.0761. The van der Waals surface area contributed by atoms with Gasteiger partial charge in [0.25, 0.3) is 5.91 Å². The van der Waals surface area contributed by atoms with Crippen molar-refractivity contribution in [1.29, 1.82) is 10.5 Å². The topological polar surface area (TPSA) is 77.1 Å². The molecule has 2 rings (SSSR count). The quantitative estimate of drug-likeness (QED) is 0.791. The molecule has 2 aromatic rings. The van der Waals surface area contributed by atoms with Crippen LogP contribution in [0, 0.1) is 22.7 Å². The Bertz CT molecular complexity index is 779. The maximum Gasteiger partial charge on any atom is 0.265 e. The summed E-state index contributed by atoms with van der Waals surface area (Å²) >= 11 is 6.00. The van der Waals surface area contributed by atoms with Crippen LogP contribution in [0.2, 0.25) is 5.02 Å². The number of carbonyl (C=O) groups excluding carboxylic acids is 1. The van der Waals surface area contributed by atoms with Gasteiger partial charge in [-0.15, -0.1) is 0 Å². The molecule has 2 aromatic carbocycles. The van der Waals surface area contributed by atoms with Crippen LogP contribution in [-0.4, -0.2) is 19.1 Å². The van der Waals surface area contributed by atoms with Crippen LogP contribution in [-0.2, 0) is 4.79 Å². The average molecular weight is 326 g/mol. The van der Waals surface area contributed by atoms with Crippen molar-refractivity contribution in [3.05, 3.63) is 59.1 Å². The summed E-state index contributed by atoms with van der Waals surface area (Å²) in [6.07, 6.45) is 0. The molecule has 1 amide bonds. The fourth-order valence-electron chi connectivity index (χ4n) is 1.91. The third kappa shape index (κ3) is 4.23. The molecule has 0 unspecified atom stereocenters. The highest BCUT2D eigenvalue weighted by Gasteiger charge is 2.16. The van der Waals surface area contributed by atoms with Gasteiger partial charge in [-0.1, -0.05) is 29.8 Å². The molecule has 0 heterocycles. The Hall–Kier alpha value is -3.02. The molecule has 0 saturated heterocycles. The van der Waals surface area contributed by atoms with Crippen LogP contribution in [0.5, 0.6) is 5.75 Å². The fraction of sp³-hybridized carbons (Fsp3) is 0.118. The molecule has 23 heavy (non-hydrogen) atoms. The van der Waals surface area contributed by atoms with Crippen LogP contribution in [0.4, 0.5) is 5.69 Å².